The third-order valence-electron chi connectivity index (χ3n) is 5.68. The van der Waals surface area contributed by atoms with E-state index in [2.05, 4.69) is 36.9 Å². The van der Waals surface area contributed by atoms with Crippen LogP contribution in [0.2, 0.25) is 0 Å². The number of amides is 1. The Balaban J connectivity index is 1.65. The van der Waals surface area contributed by atoms with Crippen LogP contribution >= 0.6 is 0 Å². The minimum atomic E-state index is -0.365. The number of nitrogens with one attached hydrogen (secondary N) is 1. The van der Waals surface area contributed by atoms with Gasteiger partial charge >= 0.3 is 0 Å². The van der Waals surface area contributed by atoms with Gasteiger partial charge in [0, 0.05) is 36.2 Å². The molecule has 1 aliphatic carbocycles. The van der Waals surface area contributed by atoms with Crippen LogP contribution < -0.4 is 11.1 Å². The first kappa shape index (κ1) is 17.5. The van der Waals surface area contributed by atoms with Gasteiger partial charge in [0.25, 0.3) is 0 Å². The van der Waals surface area contributed by atoms with Gasteiger partial charge in [-0.05, 0) is 26.2 Å². The van der Waals surface area contributed by atoms with Gasteiger partial charge in [-0.25, -0.2) is 4.98 Å². The lowest BCUT2D eigenvalue weighted by Crippen LogP contribution is -2.55. The van der Waals surface area contributed by atoms with Crippen LogP contribution in [-0.2, 0) is 23.2 Å². The minimum absolute atomic E-state index is 0.0550. The van der Waals surface area contributed by atoms with Crippen molar-refractivity contribution in [3.8, 4) is 0 Å². The second kappa shape index (κ2) is 6.17. The largest absolute Gasteiger partial charge is 0.351 e. The summed E-state index contributed by atoms with van der Waals surface area (Å²) in [6, 6.07) is 0.185. The maximum Gasteiger partial charge on any atom is 0.225 e. The Morgan fingerprint density at radius 2 is 2.12 bits per heavy atom. The van der Waals surface area contributed by atoms with Crippen molar-refractivity contribution in [3.63, 3.8) is 0 Å². The number of carbonyl (C=O) groups is 1. The van der Waals surface area contributed by atoms with Crippen molar-refractivity contribution in [2.45, 2.75) is 89.8 Å². The van der Waals surface area contributed by atoms with E-state index in [1.165, 1.54) is 0 Å². The van der Waals surface area contributed by atoms with Crippen LogP contribution in [0.5, 0.6) is 0 Å². The highest BCUT2D eigenvalue weighted by molar-refractivity contribution is 5.80. The zero-order valence-electron chi connectivity index (χ0n) is 15.6. The number of aryl methyl sites for hydroxylation is 1. The summed E-state index contributed by atoms with van der Waals surface area (Å²) in [7, 11) is 0. The molecule has 1 amide bonds. The van der Waals surface area contributed by atoms with E-state index in [1.807, 2.05) is 6.92 Å². The third-order valence-corrected chi connectivity index (χ3v) is 5.68. The fourth-order valence-corrected chi connectivity index (χ4v) is 4.01. The summed E-state index contributed by atoms with van der Waals surface area (Å²) in [4.78, 5) is 17.5. The molecular formula is C19H32N4O. The topological polar surface area (TPSA) is 72.9 Å². The molecule has 0 aromatic carbocycles. The number of nitrogens with two attached hydrogens (primary N) is 1. The molecular weight excluding hydrogens is 300 g/mol. The van der Waals surface area contributed by atoms with E-state index < -0.39 is 0 Å². The minimum Gasteiger partial charge on any atom is -0.351 e. The number of rotatable bonds is 2. The molecule has 5 heteroatoms. The molecule has 3 N–H and O–H groups in total. The highest BCUT2D eigenvalue weighted by atomic mass is 16.2. The van der Waals surface area contributed by atoms with Crippen molar-refractivity contribution in [3.05, 3.63) is 17.7 Å². The smallest absolute Gasteiger partial charge is 0.225 e. The van der Waals surface area contributed by atoms with E-state index in [0.717, 1.165) is 56.6 Å². The van der Waals surface area contributed by atoms with Crippen molar-refractivity contribution in [1.29, 1.82) is 0 Å². The van der Waals surface area contributed by atoms with E-state index in [0.29, 0.717) is 0 Å². The average molecular weight is 332 g/mol. The fraction of sp³-hybridized carbons (Fsp3) is 0.789. The van der Waals surface area contributed by atoms with Crippen molar-refractivity contribution in [2.75, 3.05) is 0 Å². The summed E-state index contributed by atoms with van der Waals surface area (Å²) in [6.45, 7) is 9.41. The van der Waals surface area contributed by atoms with Crippen LogP contribution in [0.1, 0.15) is 71.3 Å². The zero-order chi connectivity index (χ0) is 17.5. The first-order chi connectivity index (χ1) is 11.2. The van der Waals surface area contributed by atoms with Crippen LogP contribution in [0, 0.1) is 5.92 Å². The lowest BCUT2D eigenvalue weighted by Gasteiger charge is -2.38. The highest BCUT2D eigenvalue weighted by Gasteiger charge is 2.38. The molecule has 3 unspecified atom stereocenters. The molecule has 1 aromatic heterocycles. The van der Waals surface area contributed by atoms with Crippen molar-refractivity contribution in [2.24, 2.45) is 11.7 Å². The molecule has 0 spiro atoms. The fourth-order valence-electron chi connectivity index (χ4n) is 4.01. The van der Waals surface area contributed by atoms with Crippen LogP contribution in [-0.4, -0.2) is 27.0 Å². The molecule has 0 bridgehead atoms. The van der Waals surface area contributed by atoms with E-state index in [9.17, 15) is 4.79 Å². The normalized spacial score (nSPS) is 30.7. The second-order valence-corrected chi connectivity index (χ2v) is 8.99. The summed E-state index contributed by atoms with van der Waals surface area (Å²) in [6.07, 6.45) is 8.13. The van der Waals surface area contributed by atoms with E-state index in [-0.39, 0.29) is 28.8 Å². The van der Waals surface area contributed by atoms with Crippen molar-refractivity contribution >= 4 is 5.91 Å². The Hall–Kier alpha value is -1.36. The number of imidazole rings is 1. The van der Waals surface area contributed by atoms with E-state index in [4.69, 9.17) is 10.7 Å². The molecule has 3 atom stereocenters. The number of carbonyl (C=O) groups excluding carboxylic acids is 1. The molecule has 5 nitrogen and oxygen atoms in total. The Morgan fingerprint density at radius 1 is 1.38 bits per heavy atom. The number of hydrogen-bond donors (Lipinski definition) is 2. The molecule has 134 valence electrons. The van der Waals surface area contributed by atoms with Crippen LogP contribution in [0.15, 0.2) is 6.20 Å². The summed E-state index contributed by atoms with van der Waals surface area (Å²) < 4.78 is 2.22. The molecule has 1 aromatic rings. The molecule has 1 aliphatic heterocycles. The molecule has 3 rings (SSSR count). The summed E-state index contributed by atoms with van der Waals surface area (Å²) in [5, 5.41) is 3.27. The molecule has 2 heterocycles. The summed E-state index contributed by atoms with van der Waals surface area (Å²) >= 11 is 0. The third kappa shape index (κ3) is 3.51. The Bertz CT molecular complexity index is 611. The molecule has 0 radical (unpaired) electrons. The maximum absolute atomic E-state index is 12.7. The number of aromatic nitrogens is 2. The van der Waals surface area contributed by atoms with Gasteiger partial charge in [0.2, 0.25) is 5.91 Å². The van der Waals surface area contributed by atoms with Gasteiger partial charge in [0.15, 0.2) is 0 Å². The predicted molar refractivity (Wildman–Crippen MR) is 95.7 cm³/mol. The first-order valence-electron chi connectivity index (χ1n) is 9.32. The SMILES string of the molecule is CC(C)(C)c1cn2c(n1)CCC(NC(=O)C1CCCCC1(C)N)C2. The molecule has 24 heavy (non-hydrogen) atoms. The Kier molecular flexibility index (Phi) is 4.49. The van der Waals surface area contributed by atoms with Gasteiger partial charge in [-0.3, -0.25) is 4.79 Å². The maximum atomic E-state index is 12.7. The van der Waals surface area contributed by atoms with Gasteiger partial charge in [-0.15, -0.1) is 0 Å². The predicted octanol–water partition coefficient (Wildman–Crippen LogP) is 2.52. The quantitative estimate of drug-likeness (QED) is 0.874. The number of nitrogens with zero attached hydrogens (tertiary/aromatic N) is 2. The van der Waals surface area contributed by atoms with E-state index >= 15 is 0 Å². The van der Waals surface area contributed by atoms with Gasteiger partial charge < -0.3 is 15.6 Å². The van der Waals surface area contributed by atoms with Crippen molar-refractivity contribution in [1.82, 2.24) is 14.9 Å². The first-order valence-corrected chi connectivity index (χ1v) is 9.32. The lowest BCUT2D eigenvalue weighted by molar-refractivity contribution is -0.129. The Morgan fingerprint density at radius 3 is 2.79 bits per heavy atom. The molecule has 1 fully saturated rings. The lowest BCUT2D eigenvalue weighted by atomic mass is 9.74. The van der Waals surface area contributed by atoms with Crippen LogP contribution in [0.4, 0.5) is 0 Å². The summed E-state index contributed by atoms with van der Waals surface area (Å²) in [5.41, 5.74) is 7.21. The van der Waals surface area contributed by atoms with Gasteiger partial charge in [0.05, 0.1) is 11.6 Å². The molecule has 0 saturated heterocycles. The van der Waals surface area contributed by atoms with Crippen LogP contribution in [0.25, 0.3) is 0 Å². The molecule has 2 aliphatic rings. The van der Waals surface area contributed by atoms with E-state index in [1.54, 1.807) is 0 Å². The monoisotopic (exact) mass is 332 g/mol. The summed E-state index contributed by atoms with van der Waals surface area (Å²) in [5.74, 6) is 1.23. The zero-order valence-corrected chi connectivity index (χ0v) is 15.6. The highest BCUT2D eigenvalue weighted by Crippen LogP contribution is 2.32. The number of hydrogen-bond acceptors (Lipinski definition) is 3. The average Bonchev–Trinajstić information content (AvgIpc) is 2.90. The second-order valence-electron chi connectivity index (χ2n) is 8.99. The van der Waals surface area contributed by atoms with Crippen molar-refractivity contribution < 1.29 is 4.79 Å². The van der Waals surface area contributed by atoms with Crippen LogP contribution in [0.3, 0.4) is 0 Å². The number of fused-ring (bicyclic) bond motifs is 1. The van der Waals surface area contributed by atoms with Gasteiger partial charge in [-0.2, -0.15) is 0 Å². The molecule has 1 saturated carbocycles. The standard InChI is InChI=1S/C19H32N4O/c1-18(2,3)15-12-23-11-13(8-9-16(23)22-15)21-17(24)14-7-5-6-10-19(14,4)20/h12-14H,5-11,20H2,1-4H3,(H,21,24). The Labute approximate surface area is 145 Å². The van der Waals surface area contributed by atoms with Gasteiger partial charge in [0.1, 0.15) is 5.82 Å². The van der Waals surface area contributed by atoms with Gasteiger partial charge in [-0.1, -0.05) is 33.6 Å².